The Morgan fingerprint density at radius 1 is 1.12 bits per heavy atom. The zero-order valence-electron chi connectivity index (χ0n) is 15.4. The van der Waals surface area contributed by atoms with Gasteiger partial charge in [0.25, 0.3) is 0 Å². The molecule has 5 nitrogen and oxygen atoms in total. The highest BCUT2D eigenvalue weighted by Crippen LogP contribution is 2.28. The average Bonchev–Trinajstić information content (AvgIpc) is 3.21. The van der Waals surface area contributed by atoms with E-state index < -0.39 is 0 Å². The summed E-state index contributed by atoms with van der Waals surface area (Å²) in [5.74, 6) is 3.97. The van der Waals surface area contributed by atoms with Crippen LogP contribution in [0, 0.1) is 13.8 Å². The Bertz CT molecular complexity index is 719. The fourth-order valence-corrected chi connectivity index (χ4v) is 4.25. The lowest BCUT2D eigenvalue weighted by atomic mass is 9.97. The third-order valence-corrected chi connectivity index (χ3v) is 5.57. The number of ether oxygens (including phenoxy) is 1. The van der Waals surface area contributed by atoms with Gasteiger partial charge in [-0.1, -0.05) is 18.2 Å². The van der Waals surface area contributed by atoms with E-state index in [1.807, 2.05) is 0 Å². The monoisotopic (exact) mass is 340 g/mol. The highest BCUT2D eigenvalue weighted by molar-refractivity contribution is 5.39. The molecule has 1 aromatic heterocycles. The quantitative estimate of drug-likeness (QED) is 0.839. The third kappa shape index (κ3) is 3.43. The highest BCUT2D eigenvalue weighted by atomic mass is 16.5. The van der Waals surface area contributed by atoms with Crippen molar-refractivity contribution in [2.75, 3.05) is 26.2 Å². The van der Waals surface area contributed by atoms with Crippen LogP contribution >= 0.6 is 0 Å². The van der Waals surface area contributed by atoms with E-state index >= 15 is 0 Å². The number of benzene rings is 1. The number of nitrogens with zero attached hydrogens (tertiary/aromatic N) is 4. The molecule has 0 bridgehead atoms. The first-order chi connectivity index (χ1) is 12.2. The van der Waals surface area contributed by atoms with E-state index in [4.69, 9.17) is 4.74 Å². The van der Waals surface area contributed by atoms with Crippen LogP contribution in [-0.2, 0) is 13.0 Å². The predicted molar refractivity (Wildman–Crippen MR) is 98.2 cm³/mol. The first-order valence-electron chi connectivity index (χ1n) is 9.55. The SMILES string of the molecule is Cc1cccc(C)c1OCCN1CCC[C@H](c2nnc3n2CCC3)C1. The summed E-state index contributed by atoms with van der Waals surface area (Å²) in [5, 5.41) is 8.89. The summed E-state index contributed by atoms with van der Waals surface area (Å²) in [5.41, 5.74) is 2.44. The van der Waals surface area contributed by atoms with Crippen LogP contribution in [0.15, 0.2) is 18.2 Å². The van der Waals surface area contributed by atoms with Crippen molar-refractivity contribution in [3.8, 4) is 5.75 Å². The van der Waals surface area contributed by atoms with Crippen LogP contribution in [0.25, 0.3) is 0 Å². The Hall–Kier alpha value is -1.88. The van der Waals surface area contributed by atoms with Gasteiger partial charge in [-0.3, -0.25) is 4.90 Å². The summed E-state index contributed by atoms with van der Waals surface area (Å²) in [7, 11) is 0. The molecule has 134 valence electrons. The molecule has 0 aliphatic carbocycles. The number of fused-ring (bicyclic) bond motifs is 1. The molecule has 1 fully saturated rings. The van der Waals surface area contributed by atoms with Gasteiger partial charge in [0.15, 0.2) is 0 Å². The second-order valence-electron chi connectivity index (χ2n) is 7.44. The maximum Gasteiger partial charge on any atom is 0.137 e. The van der Waals surface area contributed by atoms with Crippen LogP contribution in [0.4, 0.5) is 0 Å². The third-order valence-electron chi connectivity index (χ3n) is 5.57. The van der Waals surface area contributed by atoms with Gasteiger partial charge in [0, 0.05) is 32.0 Å². The van der Waals surface area contributed by atoms with E-state index in [0.717, 1.165) is 45.0 Å². The lowest BCUT2D eigenvalue weighted by Gasteiger charge is -2.32. The smallest absolute Gasteiger partial charge is 0.137 e. The fourth-order valence-electron chi connectivity index (χ4n) is 4.25. The Labute approximate surface area is 150 Å². The molecular weight excluding hydrogens is 312 g/mol. The summed E-state index contributed by atoms with van der Waals surface area (Å²) >= 11 is 0. The lowest BCUT2D eigenvalue weighted by molar-refractivity contribution is 0.166. The van der Waals surface area contributed by atoms with E-state index in [1.165, 1.54) is 42.0 Å². The van der Waals surface area contributed by atoms with E-state index in [-0.39, 0.29) is 0 Å². The lowest BCUT2D eigenvalue weighted by Crippen LogP contribution is -2.38. The van der Waals surface area contributed by atoms with Crippen molar-refractivity contribution in [2.45, 2.75) is 52.0 Å². The van der Waals surface area contributed by atoms with Gasteiger partial charge in [0.2, 0.25) is 0 Å². The summed E-state index contributed by atoms with van der Waals surface area (Å²) in [6, 6.07) is 6.32. The number of piperidine rings is 1. The number of hydrogen-bond acceptors (Lipinski definition) is 4. The first kappa shape index (κ1) is 16.6. The fraction of sp³-hybridized carbons (Fsp3) is 0.600. The molecule has 0 amide bonds. The second-order valence-corrected chi connectivity index (χ2v) is 7.44. The molecule has 0 unspecified atom stereocenters. The molecule has 0 spiro atoms. The van der Waals surface area contributed by atoms with Crippen molar-refractivity contribution in [3.63, 3.8) is 0 Å². The molecule has 0 radical (unpaired) electrons. The number of likely N-dealkylation sites (tertiary alicyclic amines) is 1. The van der Waals surface area contributed by atoms with Gasteiger partial charge in [0.1, 0.15) is 24.0 Å². The van der Waals surface area contributed by atoms with Crippen molar-refractivity contribution >= 4 is 0 Å². The first-order valence-corrected chi connectivity index (χ1v) is 9.55. The second kappa shape index (κ2) is 7.16. The molecule has 1 aromatic carbocycles. The topological polar surface area (TPSA) is 43.2 Å². The molecular formula is C20H28N4O. The Kier molecular flexibility index (Phi) is 4.75. The zero-order chi connectivity index (χ0) is 17.2. The number of aromatic nitrogens is 3. The van der Waals surface area contributed by atoms with E-state index in [2.05, 4.69) is 51.7 Å². The summed E-state index contributed by atoms with van der Waals surface area (Å²) in [6.07, 6.45) is 4.77. The van der Waals surface area contributed by atoms with Crippen LogP contribution in [-0.4, -0.2) is 45.9 Å². The van der Waals surface area contributed by atoms with E-state index in [0.29, 0.717) is 5.92 Å². The molecule has 25 heavy (non-hydrogen) atoms. The zero-order valence-corrected chi connectivity index (χ0v) is 15.4. The van der Waals surface area contributed by atoms with Crippen molar-refractivity contribution in [1.82, 2.24) is 19.7 Å². The van der Waals surface area contributed by atoms with Crippen LogP contribution in [0.3, 0.4) is 0 Å². The van der Waals surface area contributed by atoms with Gasteiger partial charge in [-0.05, 0) is 50.8 Å². The molecule has 1 saturated heterocycles. The number of para-hydroxylation sites is 1. The van der Waals surface area contributed by atoms with E-state index in [1.54, 1.807) is 0 Å². The normalized spacial score (nSPS) is 20.6. The van der Waals surface area contributed by atoms with Crippen molar-refractivity contribution in [3.05, 3.63) is 41.0 Å². The van der Waals surface area contributed by atoms with Crippen LogP contribution in [0.2, 0.25) is 0 Å². The summed E-state index contributed by atoms with van der Waals surface area (Å²) < 4.78 is 8.46. The Balaban J connectivity index is 1.34. The minimum atomic E-state index is 0.522. The summed E-state index contributed by atoms with van der Waals surface area (Å²) in [4.78, 5) is 2.53. The predicted octanol–water partition coefficient (Wildman–Crippen LogP) is 3.10. The molecule has 2 aliphatic rings. The van der Waals surface area contributed by atoms with Gasteiger partial charge < -0.3 is 9.30 Å². The van der Waals surface area contributed by atoms with Crippen molar-refractivity contribution < 1.29 is 4.74 Å². The van der Waals surface area contributed by atoms with Gasteiger partial charge >= 0.3 is 0 Å². The molecule has 0 N–H and O–H groups in total. The maximum atomic E-state index is 6.10. The number of rotatable bonds is 5. The van der Waals surface area contributed by atoms with Crippen LogP contribution < -0.4 is 4.74 Å². The highest BCUT2D eigenvalue weighted by Gasteiger charge is 2.28. The maximum absolute atomic E-state index is 6.10. The van der Waals surface area contributed by atoms with Crippen LogP contribution in [0.1, 0.15) is 48.0 Å². The molecule has 2 aromatic rings. The summed E-state index contributed by atoms with van der Waals surface area (Å²) in [6.45, 7) is 9.30. The van der Waals surface area contributed by atoms with E-state index in [9.17, 15) is 0 Å². The minimum absolute atomic E-state index is 0.522. The number of aryl methyl sites for hydroxylation is 3. The largest absolute Gasteiger partial charge is 0.492 e. The van der Waals surface area contributed by atoms with Gasteiger partial charge in [-0.2, -0.15) is 0 Å². The molecule has 4 rings (SSSR count). The van der Waals surface area contributed by atoms with Crippen LogP contribution in [0.5, 0.6) is 5.75 Å². The number of hydrogen-bond donors (Lipinski definition) is 0. The van der Waals surface area contributed by atoms with Gasteiger partial charge in [0.05, 0.1) is 0 Å². The van der Waals surface area contributed by atoms with Gasteiger partial charge in [-0.25, -0.2) is 0 Å². The molecule has 3 heterocycles. The van der Waals surface area contributed by atoms with Crippen molar-refractivity contribution in [1.29, 1.82) is 0 Å². The average molecular weight is 340 g/mol. The molecule has 1 atom stereocenters. The van der Waals surface area contributed by atoms with Gasteiger partial charge in [-0.15, -0.1) is 10.2 Å². The molecule has 0 saturated carbocycles. The standard InChI is InChI=1S/C20H28N4O/c1-15-6-3-7-16(2)19(15)25-13-12-23-10-4-8-17(14-23)20-22-21-18-9-5-11-24(18)20/h3,6-7,17H,4-5,8-14H2,1-2H3/t17-/m0/s1. The minimum Gasteiger partial charge on any atom is -0.492 e. The Morgan fingerprint density at radius 2 is 1.96 bits per heavy atom. The Morgan fingerprint density at radius 3 is 2.80 bits per heavy atom. The molecule has 5 heteroatoms. The molecule has 2 aliphatic heterocycles. The van der Waals surface area contributed by atoms with Crippen molar-refractivity contribution in [2.24, 2.45) is 0 Å².